The largest absolute Gasteiger partial charge is 0.339 e. The van der Waals surface area contributed by atoms with Gasteiger partial charge in [-0.15, -0.1) is 0 Å². The second kappa shape index (κ2) is 6.34. The highest BCUT2D eigenvalue weighted by Crippen LogP contribution is 2.20. The predicted octanol–water partition coefficient (Wildman–Crippen LogP) is 1.63. The third-order valence-corrected chi connectivity index (χ3v) is 5.55. The maximum absolute atomic E-state index is 13.6. The van der Waals surface area contributed by atoms with E-state index in [1.807, 2.05) is 0 Å². The molecule has 1 aromatic carbocycles. The third kappa shape index (κ3) is 3.64. The summed E-state index contributed by atoms with van der Waals surface area (Å²) in [7, 11) is -1.66. The molecule has 5 nitrogen and oxygen atoms in total. The number of benzene rings is 1. The number of hydrogen-bond acceptors (Lipinski definition) is 3. The number of hydrogen-bond donors (Lipinski definition) is 0. The van der Waals surface area contributed by atoms with Gasteiger partial charge in [-0.1, -0.05) is 6.07 Å². The van der Waals surface area contributed by atoms with Gasteiger partial charge in [0.1, 0.15) is 5.82 Å². The van der Waals surface area contributed by atoms with Crippen molar-refractivity contribution in [2.24, 2.45) is 0 Å². The molecule has 2 rings (SSSR count). The monoisotopic (exact) mass is 328 g/mol. The van der Waals surface area contributed by atoms with Crippen LogP contribution in [0.5, 0.6) is 0 Å². The van der Waals surface area contributed by atoms with Crippen molar-refractivity contribution in [2.75, 3.05) is 26.4 Å². The molecule has 122 valence electrons. The number of sulfonamides is 1. The standard InChI is InChI=1S/C15H21FN2O3S/c1-11-4-5-12(10-14(11)16)15(19)18-8-6-13(7-9-18)17(2)22(3,20)21/h4-5,10,13H,6-9H2,1-3H3. The highest BCUT2D eigenvalue weighted by molar-refractivity contribution is 7.88. The quantitative estimate of drug-likeness (QED) is 0.847. The first-order valence-electron chi connectivity index (χ1n) is 7.18. The van der Waals surface area contributed by atoms with E-state index in [0.717, 1.165) is 0 Å². The van der Waals surface area contributed by atoms with Gasteiger partial charge >= 0.3 is 0 Å². The summed E-state index contributed by atoms with van der Waals surface area (Å²) in [6.07, 6.45) is 2.35. The SMILES string of the molecule is Cc1ccc(C(=O)N2CCC(N(C)S(C)(=O)=O)CC2)cc1F. The molecule has 1 fully saturated rings. The molecule has 22 heavy (non-hydrogen) atoms. The van der Waals surface area contributed by atoms with E-state index in [0.29, 0.717) is 37.1 Å². The average molecular weight is 328 g/mol. The van der Waals surface area contributed by atoms with Crippen LogP contribution in [-0.4, -0.2) is 56.0 Å². The maximum Gasteiger partial charge on any atom is 0.253 e. The van der Waals surface area contributed by atoms with Gasteiger partial charge in [-0.05, 0) is 37.5 Å². The van der Waals surface area contributed by atoms with E-state index in [1.165, 1.54) is 16.6 Å². The number of rotatable bonds is 3. The van der Waals surface area contributed by atoms with Crippen LogP contribution in [0.1, 0.15) is 28.8 Å². The summed E-state index contributed by atoms with van der Waals surface area (Å²) in [6.45, 7) is 2.59. The number of nitrogens with zero attached hydrogens (tertiary/aromatic N) is 2. The molecular weight excluding hydrogens is 307 g/mol. The van der Waals surface area contributed by atoms with Crippen LogP contribution in [0.3, 0.4) is 0 Å². The minimum Gasteiger partial charge on any atom is -0.339 e. The molecule has 0 radical (unpaired) electrons. The number of piperidine rings is 1. The van der Waals surface area contributed by atoms with E-state index in [2.05, 4.69) is 0 Å². The Hall–Kier alpha value is -1.47. The average Bonchev–Trinajstić information content (AvgIpc) is 2.48. The van der Waals surface area contributed by atoms with Crippen molar-refractivity contribution < 1.29 is 17.6 Å². The van der Waals surface area contributed by atoms with Crippen molar-refractivity contribution in [3.63, 3.8) is 0 Å². The Kier molecular flexibility index (Phi) is 4.87. The third-order valence-electron chi connectivity index (χ3n) is 4.21. The highest BCUT2D eigenvalue weighted by atomic mass is 32.2. The number of carbonyl (C=O) groups excluding carboxylic acids is 1. The minimum atomic E-state index is -3.22. The van der Waals surface area contributed by atoms with Crippen LogP contribution in [-0.2, 0) is 10.0 Å². The Morgan fingerprint density at radius 2 is 1.91 bits per heavy atom. The zero-order valence-electron chi connectivity index (χ0n) is 13.0. The lowest BCUT2D eigenvalue weighted by Crippen LogP contribution is -2.47. The molecular formula is C15H21FN2O3S. The lowest BCUT2D eigenvalue weighted by molar-refractivity contribution is 0.0686. The van der Waals surface area contributed by atoms with Gasteiger partial charge in [-0.2, -0.15) is 0 Å². The summed E-state index contributed by atoms with van der Waals surface area (Å²) in [5, 5.41) is 0. The number of aryl methyl sites for hydroxylation is 1. The van der Waals surface area contributed by atoms with Crippen LogP contribution in [0.4, 0.5) is 4.39 Å². The summed E-state index contributed by atoms with van der Waals surface area (Å²) in [4.78, 5) is 14.0. The van der Waals surface area contributed by atoms with E-state index in [4.69, 9.17) is 0 Å². The van der Waals surface area contributed by atoms with Crippen LogP contribution in [0.25, 0.3) is 0 Å². The normalized spacial score (nSPS) is 17.0. The lowest BCUT2D eigenvalue weighted by atomic mass is 10.0. The second-order valence-electron chi connectivity index (χ2n) is 5.77. The molecule has 1 heterocycles. The minimum absolute atomic E-state index is 0.0891. The molecule has 1 saturated heterocycles. The molecule has 1 aromatic rings. The van der Waals surface area contributed by atoms with Gasteiger partial charge < -0.3 is 4.90 Å². The Morgan fingerprint density at radius 1 is 1.32 bits per heavy atom. The van der Waals surface area contributed by atoms with Gasteiger partial charge in [0.05, 0.1) is 6.26 Å². The van der Waals surface area contributed by atoms with Crippen molar-refractivity contribution in [3.8, 4) is 0 Å². The van der Waals surface area contributed by atoms with E-state index >= 15 is 0 Å². The summed E-state index contributed by atoms with van der Waals surface area (Å²) in [5.74, 6) is -0.600. The smallest absolute Gasteiger partial charge is 0.253 e. The van der Waals surface area contributed by atoms with Gasteiger partial charge in [0.25, 0.3) is 5.91 Å². The lowest BCUT2D eigenvalue weighted by Gasteiger charge is -2.35. The summed E-state index contributed by atoms with van der Waals surface area (Å²) in [6, 6.07) is 4.38. The van der Waals surface area contributed by atoms with E-state index < -0.39 is 15.8 Å². The highest BCUT2D eigenvalue weighted by Gasteiger charge is 2.29. The van der Waals surface area contributed by atoms with Gasteiger partial charge in [0.2, 0.25) is 10.0 Å². The Labute approximate surface area is 130 Å². The number of likely N-dealkylation sites (tertiary alicyclic amines) is 1. The van der Waals surface area contributed by atoms with E-state index in [9.17, 15) is 17.6 Å². The molecule has 0 spiro atoms. The number of carbonyl (C=O) groups is 1. The zero-order valence-corrected chi connectivity index (χ0v) is 13.9. The summed E-state index contributed by atoms with van der Waals surface area (Å²) >= 11 is 0. The first kappa shape index (κ1) is 16.9. The van der Waals surface area contributed by atoms with Gasteiger partial charge in [0, 0.05) is 31.7 Å². The summed E-state index contributed by atoms with van der Waals surface area (Å²) in [5.41, 5.74) is 0.836. The van der Waals surface area contributed by atoms with Crippen molar-refractivity contribution in [2.45, 2.75) is 25.8 Å². The molecule has 1 amide bonds. The molecule has 0 atom stereocenters. The first-order valence-corrected chi connectivity index (χ1v) is 9.03. The van der Waals surface area contributed by atoms with E-state index in [-0.39, 0.29) is 11.9 Å². The van der Waals surface area contributed by atoms with Crippen molar-refractivity contribution >= 4 is 15.9 Å². The zero-order chi connectivity index (χ0) is 16.5. The van der Waals surface area contributed by atoms with E-state index in [1.54, 1.807) is 31.0 Å². The fourth-order valence-electron chi connectivity index (χ4n) is 2.61. The molecule has 0 aliphatic carbocycles. The molecule has 1 aliphatic rings. The van der Waals surface area contributed by atoms with Crippen molar-refractivity contribution in [1.29, 1.82) is 0 Å². The molecule has 0 unspecified atom stereocenters. The number of amides is 1. The van der Waals surface area contributed by atoms with Crippen molar-refractivity contribution in [1.82, 2.24) is 9.21 Å². The Bertz CT molecular complexity index is 667. The molecule has 0 N–H and O–H groups in total. The van der Waals surface area contributed by atoms with Crippen LogP contribution in [0.2, 0.25) is 0 Å². The van der Waals surface area contributed by atoms with Crippen molar-refractivity contribution in [3.05, 3.63) is 35.1 Å². The Balaban J connectivity index is 2.02. The van der Waals surface area contributed by atoms with Gasteiger partial charge in [0.15, 0.2) is 0 Å². The summed E-state index contributed by atoms with van der Waals surface area (Å²) < 4.78 is 38.0. The number of halogens is 1. The molecule has 0 saturated carbocycles. The maximum atomic E-state index is 13.6. The van der Waals surface area contributed by atoms with Crippen LogP contribution >= 0.6 is 0 Å². The van der Waals surface area contributed by atoms with Crippen LogP contribution in [0.15, 0.2) is 18.2 Å². The van der Waals surface area contributed by atoms with Crippen LogP contribution < -0.4 is 0 Å². The first-order chi connectivity index (χ1) is 10.2. The molecule has 0 aromatic heterocycles. The fraction of sp³-hybridized carbons (Fsp3) is 0.533. The molecule has 1 aliphatic heterocycles. The van der Waals surface area contributed by atoms with Crippen LogP contribution in [0, 0.1) is 12.7 Å². The topological polar surface area (TPSA) is 57.7 Å². The van der Waals surface area contributed by atoms with Gasteiger partial charge in [-0.25, -0.2) is 17.1 Å². The molecule has 0 bridgehead atoms. The Morgan fingerprint density at radius 3 is 2.41 bits per heavy atom. The molecule has 7 heteroatoms. The fourth-order valence-corrected chi connectivity index (χ4v) is 3.36. The van der Waals surface area contributed by atoms with Gasteiger partial charge in [-0.3, -0.25) is 4.79 Å². The predicted molar refractivity (Wildman–Crippen MR) is 82.7 cm³/mol. The second-order valence-corrected chi connectivity index (χ2v) is 7.81.